The largest absolute Gasteiger partial charge is 0.326 e. The first-order chi connectivity index (χ1) is 9.13. The van der Waals surface area contributed by atoms with Crippen LogP contribution >= 0.6 is 0 Å². The van der Waals surface area contributed by atoms with Crippen LogP contribution in [0.25, 0.3) is 0 Å². The van der Waals surface area contributed by atoms with Gasteiger partial charge in [0, 0.05) is 25.0 Å². The average Bonchev–Trinajstić information content (AvgIpc) is 2.45. The van der Waals surface area contributed by atoms with Crippen LogP contribution in [0.4, 0.5) is 5.69 Å². The molecule has 0 radical (unpaired) electrons. The molecular weight excluding hydrogens is 238 g/mol. The molecule has 2 aromatic rings. The Morgan fingerprint density at radius 2 is 1.95 bits per heavy atom. The number of hydrogen-bond donors (Lipinski definition) is 1. The molecule has 0 aliphatic heterocycles. The number of nitrogens with zero attached hydrogens (tertiary/aromatic N) is 2. The second-order valence-electron chi connectivity index (χ2n) is 4.36. The molecule has 0 aliphatic carbocycles. The second kappa shape index (κ2) is 5.63. The number of anilines is 1. The molecule has 1 aromatic heterocycles. The molecule has 0 spiro atoms. The third-order valence-electron chi connectivity index (χ3n) is 2.98. The van der Waals surface area contributed by atoms with Crippen molar-refractivity contribution in [1.29, 1.82) is 0 Å². The minimum absolute atomic E-state index is 0.135. The molecule has 0 saturated carbocycles. The van der Waals surface area contributed by atoms with Gasteiger partial charge < -0.3 is 10.6 Å². The van der Waals surface area contributed by atoms with Gasteiger partial charge in [-0.3, -0.25) is 4.79 Å². The van der Waals surface area contributed by atoms with Gasteiger partial charge in [0.2, 0.25) is 0 Å². The van der Waals surface area contributed by atoms with E-state index in [1.807, 2.05) is 43.3 Å². The summed E-state index contributed by atoms with van der Waals surface area (Å²) in [6.45, 7) is 2.26. The average molecular weight is 255 g/mol. The number of amides is 1. The predicted octanol–water partition coefficient (Wildman–Crippen LogP) is 2.13. The second-order valence-corrected chi connectivity index (χ2v) is 4.36. The van der Waals surface area contributed by atoms with Crippen LogP contribution in [0.2, 0.25) is 0 Å². The maximum atomic E-state index is 12.4. The van der Waals surface area contributed by atoms with E-state index in [4.69, 9.17) is 5.73 Å². The predicted molar refractivity (Wildman–Crippen MR) is 76.0 cm³/mol. The van der Waals surface area contributed by atoms with Crippen molar-refractivity contribution in [1.82, 2.24) is 4.98 Å². The number of aromatic nitrogens is 1. The van der Waals surface area contributed by atoms with Crippen molar-refractivity contribution in [2.45, 2.75) is 13.5 Å². The minimum atomic E-state index is -0.135. The fourth-order valence-corrected chi connectivity index (χ4v) is 1.95. The SMILES string of the molecule is Cc1cccc(C(=O)N(C)c2ccccc2CN)n1. The van der Waals surface area contributed by atoms with Crippen molar-refractivity contribution in [2.75, 3.05) is 11.9 Å². The summed E-state index contributed by atoms with van der Waals surface area (Å²) < 4.78 is 0. The molecule has 0 bridgehead atoms. The van der Waals surface area contributed by atoms with E-state index in [1.54, 1.807) is 18.0 Å². The zero-order valence-corrected chi connectivity index (χ0v) is 11.1. The number of pyridine rings is 1. The van der Waals surface area contributed by atoms with Gasteiger partial charge >= 0.3 is 0 Å². The number of aryl methyl sites for hydroxylation is 1. The molecule has 1 amide bonds. The van der Waals surface area contributed by atoms with Crippen molar-refractivity contribution < 1.29 is 4.79 Å². The quantitative estimate of drug-likeness (QED) is 0.914. The number of hydrogen-bond acceptors (Lipinski definition) is 3. The summed E-state index contributed by atoms with van der Waals surface area (Å²) in [5.41, 5.74) is 8.72. The third-order valence-corrected chi connectivity index (χ3v) is 2.98. The Hall–Kier alpha value is -2.20. The Bertz CT molecular complexity index is 595. The molecule has 19 heavy (non-hydrogen) atoms. The van der Waals surface area contributed by atoms with Gasteiger partial charge in [-0.05, 0) is 30.7 Å². The maximum absolute atomic E-state index is 12.4. The molecule has 0 fully saturated rings. The molecule has 0 aliphatic rings. The van der Waals surface area contributed by atoms with E-state index < -0.39 is 0 Å². The first-order valence-corrected chi connectivity index (χ1v) is 6.13. The smallest absolute Gasteiger partial charge is 0.276 e. The lowest BCUT2D eigenvalue weighted by Gasteiger charge is -2.20. The lowest BCUT2D eigenvalue weighted by Crippen LogP contribution is -2.28. The van der Waals surface area contributed by atoms with Crippen LogP contribution in [0, 0.1) is 6.92 Å². The summed E-state index contributed by atoms with van der Waals surface area (Å²) in [6.07, 6.45) is 0. The summed E-state index contributed by atoms with van der Waals surface area (Å²) in [6, 6.07) is 13.0. The highest BCUT2D eigenvalue weighted by atomic mass is 16.2. The molecule has 0 atom stereocenters. The number of benzene rings is 1. The number of rotatable bonds is 3. The van der Waals surface area contributed by atoms with Crippen LogP contribution in [-0.2, 0) is 6.54 Å². The first-order valence-electron chi connectivity index (χ1n) is 6.13. The Kier molecular flexibility index (Phi) is 3.92. The molecule has 4 nitrogen and oxygen atoms in total. The summed E-state index contributed by atoms with van der Waals surface area (Å²) in [7, 11) is 1.74. The Morgan fingerprint density at radius 3 is 2.63 bits per heavy atom. The van der Waals surface area contributed by atoms with E-state index in [-0.39, 0.29) is 5.91 Å². The van der Waals surface area contributed by atoms with Crippen molar-refractivity contribution >= 4 is 11.6 Å². The van der Waals surface area contributed by atoms with E-state index in [2.05, 4.69) is 4.98 Å². The van der Waals surface area contributed by atoms with Gasteiger partial charge in [0.05, 0.1) is 0 Å². The topological polar surface area (TPSA) is 59.2 Å². The number of carbonyl (C=O) groups excluding carboxylic acids is 1. The molecule has 4 heteroatoms. The molecule has 0 unspecified atom stereocenters. The van der Waals surface area contributed by atoms with Gasteiger partial charge in [-0.15, -0.1) is 0 Å². The highest BCUT2D eigenvalue weighted by Crippen LogP contribution is 2.20. The first kappa shape index (κ1) is 13.2. The van der Waals surface area contributed by atoms with Crippen LogP contribution < -0.4 is 10.6 Å². The van der Waals surface area contributed by atoms with Gasteiger partial charge in [-0.1, -0.05) is 24.3 Å². The van der Waals surface area contributed by atoms with Crippen LogP contribution in [0.1, 0.15) is 21.7 Å². The standard InChI is InChI=1S/C15H17N3O/c1-11-6-5-8-13(17-11)15(19)18(2)14-9-4-3-7-12(14)10-16/h3-9H,10,16H2,1-2H3. The molecular formula is C15H17N3O. The zero-order chi connectivity index (χ0) is 13.8. The number of carbonyl (C=O) groups is 1. The van der Waals surface area contributed by atoms with Crippen molar-refractivity contribution in [3.05, 3.63) is 59.4 Å². The van der Waals surface area contributed by atoms with Gasteiger partial charge in [0.1, 0.15) is 5.69 Å². The molecule has 1 heterocycles. The van der Waals surface area contributed by atoms with E-state index in [0.29, 0.717) is 12.2 Å². The number of para-hydroxylation sites is 1. The molecule has 0 saturated heterocycles. The van der Waals surface area contributed by atoms with Crippen LogP contribution in [-0.4, -0.2) is 17.9 Å². The lowest BCUT2D eigenvalue weighted by atomic mass is 10.1. The van der Waals surface area contributed by atoms with Gasteiger partial charge in [-0.25, -0.2) is 4.98 Å². The normalized spacial score (nSPS) is 10.3. The van der Waals surface area contributed by atoms with E-state index in [9.17, 15) is 4.79 Å². The van der Waals surface area contributed by atoms with Gasteiger partial charge in [0.25, 0.3) is 5.91 Å². The minimum Gasteiger partial charge on any atom is -0.326 e. The highest BCUT2D eigenvalue weighted by molar-refractivity contribution is 6.04. The fraction of sp³-hybridized carbons (Fsp3) is 0.200. The highest BCUT2D eigenvalue weighted by Gasteiger charge is 2.16. The fourth-order valence-electron chi connectivity index (χ4n) is 1.95. The van der Waals surface area contributed by atoms with Gasteiger partial charge in [-0.2, -0.15) is 0 Å². The Balaban J connectivity index is 2.33. The molecule has 98 valence electrons. The Morgan fingerprint density at radius 1 is 1.21 bits per heavy atom. The number of nitrogens with two attached hydrogens (primary N) is 1. The van der Waals surface area contributed by atoms with Crippen LogP contribution in [0.5, 0.6) is 0 Å². The van der Waals surface area contributed by atoms with E-state index in [0.717, 1.165) is 16.9 Å². The van der Waals surface area contributed by atoms with E-state index >= 15 is 0 Å². The summed E-state index contributed by atoms with van der Waals surface area (Å²) >= 11 is 0. The van der Waals surface area contributed by atoms with E-state index in [1.165, 1.54) is 0 Å². The van der Waals surface area contributed by atoms with Crippen molar-refractivity contribution in [3.63, 3.8) is 0 Å². The van der Waals surface area contributed by atoms with Crippen LogP contribution in [0.15, 0.2) is 42.5 Å². The molecule has 2 rings (SSSR count). The van der Waals surface area contributed by atoms with Gasteiger partial charge in [0.15, 0.2) is 0 Å². The summed E-state index contributed by atoms with van der Waals surface area (Å²) in [5.74, 6) is -0.135. The summed E-state index contributed by atoms with van der Waals surface area (Å²) in [5, 5.41) is 0. The third kappa shape index (κ3) is 2.80. The monoisotopic (exact) mass is 255 g/mol. The molecule has 2 N–H and O–H groups in total. The van der Waals surface area contributed by atoms with Crippen molar-refractivity contribution in [2.24, 2.45) is 5.73 Å². The van der Waals surface area contributed by atoms with Crippen LogP contribution in [0.3, 0.4) is 0 Å². The zero-order valence-electron chi connectivity index (χ0n) is 11.1. The Labute approximate surface area is 112 Å². The lowest BCUT2D eigenvalue weighted by molar-refractivity contribution is 0.0988. The van der Waals surface area contributed by atoms with Crippen molar-refractivity contribution in [3.8, 4) is 0 Å². The molecule has 1 aromatic carbocycles. The summed E-state index contributed by atoms with van der Waals surface area (Å²) in [4.78, 5) is 18.2. The maximum Gasteiger partial charge on any atom is 0.276 e.